The standard InChI is InChI=1S/C23H22N2O4/c1-28-20-12-11-19(14-21(20)29-15-22(24)26)25-23(27)13-16-7-9-18(10-8-16)17-5-3-2-4-6-17/h2-12,14H,13,15H2,1H3,(H2,24,26)(H,25,27). The number of carbonyl (C=O) groups excluding carboxylic acids is 2. The Morgan fingerprint density at radius 2 is 1.59 bits per heavy atom. The summed E-state index contributed by atoms with van der Waals surface area (Å²) in [4.78, 5) is 23.4. The van der Waals surface area contributed by atoms with Crippen molar-refractivity contribution in [3.05, 3.63) is 78.4 Å². The number of hydrogen-bond acceptors (Lipinski definition) is 4. The Morgan fingerprint density at radius 3 is 2.24 bits per heavy atom. The number of benzene rings is 3. The van der Waals surface area contributed by atoms with E-state index in [4.69, 9.17) is 15.2 Å². The number of nitrogens with two attached hydrogens (primary N) is 1. The number of primary amides is 1. The van der Waals surface area contributed by atoms with Gasteiger partial charge in [-0.05, 0) is 28.8 Å². The van der Waals surface area contributed by atoms with Gasteiger partial charge in [0.15, 0.2) is 18.1 Å². The number of ether oxygens (including phenoxy) is 2. The molecule has 6 heteroatoms. The Morgan fingerprint density at radius 1 is 0.897 bits per heavy atom. The second kappa shape index (κ2) is 9.41. The fourth-order valence-electron chi connectivity index (χ4n) is 2.85. The van der Waals surface area contributed by atoms with Gasteiger partial charge in [-0.3, -0.25) is 9.59 Å². The second-order valence-electron chi connectivity index (χ2n) is 6.41. The number of carbonyl (C=O) groups is 2. The summed E-state index contributed by atoms with van der Waals surface area (Å²) >= 11 is 0. The monoisotopic (exact) mass is 390 g/mol. The van der Waals surface area contributed by atoms with Gasteiger partial charge in [-0.1, -0.05) is 54.6 Å². The first kappa shape index (κ1) is 19.9. The molecule has 0 aliphatic rings. The Hall–Kier alpha value is -3.80. The predicted octanol–water partition coefficient (Wildman–Crippen LogP) is 3.41. The van der Waals surface area contributed by atoms with Gasteiger partial charge in [-0.2, -0.15) is 0 Å². The summed E-state index contributed by atoms with van der Waals surface area (Å²) in [6.07, 6.45) is 0.235. The summed E-state index contributed by atoms with van der Waals surface area (Å²) in [6.45, 7) is -0.276. The van der Waals surface area contributed by atoms with Crippen molar-refractivity contribution in [1.82, 2.24) is 0 Å². The number of methoxy groups -OCH3 is 1. The van der Waals surface area contributed by atoms with E-state index in [-0.39, 0.29) is 18.9 Å². The molecule has 0 atom stereocenters. The summed E-state index contributed by atoms with van der Waals surface area (Å²) in [7, 11) is 1.49. The first-order valence-corrected chi connectivity index (χ1v) is 9.08. The first-order valence-electron chi connectivity index (χ1n) is 9.08. The summed E-state index contributed by atoms with van der Waals surface area (Å²) in [5, 5.41) is 2.83. The first-order chi connectivity index (χ1) is 14.0. The van der Waals surface area contributed by atoms with E-state index in [0.717, 1.165) is 16.7 Å². The third-order valence-electron chi connectivity index (χ3n) is 4.24. The molecule has 148 valence electrons. The quantitative estimate of drug-likeness (QED) is 0.617. The van der Waals surface area contributed by atoms with Crippen LogP contribution in [0, 0.1) is 0 Å². The topological polar surface area (TPSA) is 90.7 Å². The van der Waals surface area contributed by atoms with E-state index >= 15 is 0 Å². The Labute approximate surface area is 169 Å². The maximum Gasteiger partial charge on any atom is 0.255 e. The Balaban J connectivity index is 1.64. The van der Waals surface area contributed by atoms with Gasteiger partial charge in [-0.15, -0.1) is 0 Å². The smallest absolute Gasteiger partial charge is 0.255 e. The minimum Gasteiger partial charge on any atom is -0.493 e. The SMILES string of the molecule is COc1ccc(NC(=O)Cc2ccc(-c3ccccc3)cc2)cc1OCC(N)=O. The molecule has 0 bridgehead atoms. The van der Waals surface area contributed by atoms with Gasteiger partial charge in [0.25, 0.3) is 5.91 Å². The zero-order valence-corrected chi connectivity index (χ0v) is 16.1. The van der Waals surface area contributed by atoms with E-state index in [2.05, 4.69) is 5.32 Å². The number of nitrogens with one attached hydrogen (secondary N) is 1. The lowest BCUT2D eigenvalue weighted by Crippen LogP contribution is -2.20. The lowest BCUT2D eigenvalue weighted by Gasteiger charge is -2.12. The van der Waals surface area contributed by atoms with E-state index in [0.29, 0.717) is 17.2 Å². The van der Waals surface area contributed by atoms with Crippen molar-refractivity contribution in [3.8, 4) is 22.6 Å². The average molecular weight is 390 g/mol. The Bertz CT molecular complexity index is 986. The van der Waals surface area contributed by atoms with Crippen LogP contribution < -0.4 is 20.5 Å². The van der Waals surface area contributed by atoms with Crippen LogP contribution in [0.5, 0.6) is 11.5 Å². The molecule has 0 spiro atoms. The van der Waals surface area contributed by atoms with E-state index in [1.165, 1.54) is 7.11 Å². The van der Waals surface area contributed by atoms with Gasteiger partial charge in [0.05, 0.1) is 13.5 Å². The molecular weight excluding hydrogens is 368 g/mol. The molecule has 0 aromatic heterocycles. The van der Waals surface area contributed by atoms with E-state index in [9.17, 15) is 9.59 Å². The third-order valence-corrected chi connectivity index (χ3v) is 4.24. The van der Waals surface area contributed by atoms with E-state index < -0.39 is 5.91 Å². The molecule has 3 aromatic carbocycles. The average Bonchev–Trinajstić information content (AvgIpc) is 2.73. The summed E-state index contributed by atoms with van der Waals surface area (Å²) < 4.78 is 10.5. The molecule has 2 amide bonds. The predicted molar refractivity (Wildman–Crippen MR) is 112 cm³/mol. The van der Waals surface area contributed by atoms with Crippen LogP contribution in [-0.4, -0.2) is 25.5 Å². The highest BCUT2D eigenvalue weighted by molar-refractivity contribution is 5.92. The van der Waals surface area contributed by atoms with Crippen molar-refractivity contribution in [3.63, 3.8) is 0 Å². The van der Waals surface area contributed by atoms with Crippen LogP contribution in [0.3, 0.4) is 0 Å². The lowest BCUT2D eigenvalue weighted by atomic mass is 10.0. The van der Waals surface area contributed by atoms with Crippen LogP contribution in [0.15, 0.2) is 72.8 Å². The number of amides is 2. The van der Waals surface area contributed by atoms with E-state index in [1.54, 1.807) is 18.2 Å². The van der Waals surface area contributed by atoms with Gasteiger partial charge in [0, 0.05) is 11.8 Å². The highest BCUT2D eigenvalue weighted by atomic mass is 16.5. The Kier molecular flexibility index (Phi) is 6.47. The summed E-state index contributed by atoms with van der Waals surface area (Å²) in [6, 6.07) is 22.9. The zero-order chi connectivity index (χ0) is 20.6. The third kappa shape index (κ3) is 5.59. The lowest BCUT2D eigenvalue weighted by molar-refractivity contribution is -0.120. The van der Waals surface area contributed by atoms with Gasteiger partial charge in [0.1, 0.15) is 0 Å². The molecule has 0 aliphatic heterocycles. The highest BCUT2D eigenvalue weighted by Gasteiger charge is 2.10. The van der Waals surface area contributed by atoms with Crippen molar-refractivity contribution in [1.29, 1.82) is 0 Å². The molecule has 0 fully saturated rings. The van der Waals surface area contributed by atoms with Gasteiger partial charge >= 0.3 is 0 Å². The molecule has 0 unspecified atom stereocenters. The number of anilines is 1. The molecule has 3 rings (SSSR count). The molecule has 0 radical (unpaired) electrons. The van der Waals surface area contributed by atoms with Crippen LogP contribution in [0.4, 0.5) is 5.69 Å². The zero-order valence-electron chi connectivity index (χ0n) is 16.1. The second-order valence-corrected chi connectivity index (χ2v) is 6.41. The van der Waals surface area contributed by atoms with Crippen LogP contribution in [0.1, 0.15) is 5.56 Å². The fourth-order valence-corrected chi connectivity index (χ4v) is 2.85. The van der Waals surface area contributed by atoms with Crippen LogP contribution in [-0.2, 0) is 16.0 Å². The normalized spacial score (nSPS) is 10.2. The van der Waals surface area contributed by atoms with Crippen molar-refractivity contribution >= 4 is 17.5 Å². The molecule has 0 saturated heterocycles. The van der Waals surface area contributed by atoms with Crippen LogP contribution >= 0.6 is 0 Å². The molecule has 0 saturated carbocycles. The number of hydrogen-bond donors (Lipinski definition) is 2. The molecule has 0 aliphatic carbocycles. The summed E-state index contributed by atoms with van der Waals surface area (Å²) in [5.41, 5.74) is 8.78. The van der Waals surface area contributed by atoms with Crippen LogP contribution in [0.25, 0.3) is 11.1 Å². The molecule has 3 N–H and O–H groups in total. The molecule has 0 heterocycles. The van der Waals surface area contributed by atoms with Gasteiger partial charge in [-0.25, -0.2) is 0 Å². The summed E-state index contributed by atoms with van der Waals surface area (Å²) in [5.74, 6) is 0.0148. The minimum atomic E-state index is -0.597. The molecule has 6 nitrogen and oxygen atoms in total. The minimum absolute atomic E-state index is 0.163. The van der Waals surface area contributed by atoms with Gasteiger partial charge < -0.3 is 20.5 Å². The maximum absolute atomic E-state index is 12.4. The van der Waals surface area contributed by atoms with Crippen LogP contribution in [0.2, 0.25) is 0 Å². The molecule has 3 aromatic rings. The van der Waals surface area contributed by atoms with Crippen molar-refractivity contribution in [2.45, 2.75) is 6.42 Å². The molecule has 29 heavy (non-hydrogen) atoms. The van der Waals surface area contributed by atoms with Gasteiger partial charge in [0.2, 0.25) is 5.91 Å². The number of rotatable bonds is 8. The maximum atomic E-state index is 12.4. The molecular formula is C23H22N2O4. The highest BCUT2D eigenvalue weighted by Crippen LogP contribution is 2.30. The largest absolute Gasteiger partial charge is 0.493 e. The van der Waals surface area contributed by atoms with Crippen molar-refractivity contribution in [2.75, 3.05) is 19.0 Å². The fraction of sp³-hybridized carbons (Fsp3) is 0.130. The van der Waals surface area contributed by atoms with E-state index in [1.807, 2.05) is 54.6 Å². The van der Waals surface area contributed by atoms with Crippen molar-refractivity contribution in [2.24, 2.45) is 5.73 Å². The van der Waals surface area contributed by atoms with Crippen molar-refractivity contribution < 1.29 is 19.1 Å².